The maximum atomic E-state index is 6.21. The SMILES string of the molecule is COc1c(C)c(C)c(Cl)c(C)c1/C(N)=N/N. The molecule has 0 aliphatic carbocycles. The zero-order valence-electron chi connectivity index (χ0n) is 9.89. The highest BCUT2D eigenvalue weighted by Gasteiger charge is 2.19. The molecule has 16 heavy (non-hydrogen) atoms. The van der Waals surface area contributed by atoms with Crippen molar-refractivity contribution in [3.63, 3.8) is 0 Å². The second-order valence-corrected chi connectivity index (χ2v) is 3.99. The Morgan fingerprint density at radius 2 is 1.75 bits per heavy atom. The molecule has 0 aromatic heterocycles. The molecule has 5 heteroatoms. The first-order chi connectivity index (χ1) is 7.45. The molecule has 0 aliphatic rings. The van der Waals surface area contributed by atoms with Crippen molar-refractivity contribution in [1.29, 1.82) is 0 Å². The van der Waals surface area contributed by atoms with Crippen molar-refractivity contribution in [2.24, 2.45) is 16.7 Å². The van der Waals surface area contributed by atoms with Crippen LogP contribution >= 0.6 is 11.6 Å². The standard InChI is InChI=1S/C11H16ClN3O/c1-5-6(2)10(16-4)8(11(13)15-14)7(3)9(5)12/h14H2,1-4H3,(H2,13,15). The lowest BCUT2D eigenvalue weighted by molar-refractivity contribution is 0.410. The predicted octanol–water partition coefficient (Wildman–Crippen LogP) is 1.85. The average Bonchev–Trinajstić information content (AvgIpc) is 2.29. The lowest BCUT2D eigenvalue weighted by Gasteiger charge is -2.17. The molecule has 0 radical (unpaired) electrons. The lowest BCUT2D eigenvalue weighted by atomic mass is 9.98. The quantitative estimate of drug-likeness (QED) is 0.359. The van der Waals surface area contributed by atoms with Gasteiger partial charge in [0.1, 0.15) is 5.75 Å². The molecule has 4 N–H and O–H groups in total. The Kier molecular flexibility index (Phi) is 3.65. The van der Waals surface area contributed by atoms with E-state index >= 15 is 0 Å². The highest BCUT2D eigenvalue weighted by molar-refractivity contribution is 6.33. The molecule has 0 fully saturated rings. The molecule has 0 bridgehead atoms. The number of rotatable bonds is 2. The van der Waals surface area contributed by atoms with Crippen LogP contribution in [0.25, 0.3) is 0 Å². The number of hydrogen-bond donors (Lipinski definition) is 2. The van der Waals surface area contributed by atoms with Crippen LogP contribution in [0.4, 0.5) is 0 Å². The topological polar surface area (TPSA) is 73.6 Å². The van der Waals surface area contributed by atoms with Gasteiger partial charge >= 0.3 is 0 Å². The Labute approximate surface area is 100 Å². The van der Waals surface area contributed by atoms with Crippen molar-refractivity contribution >= 4 is 17.4 Å². The highest BCUT2D eigenvalue weighted by atomic mass is 35.5. The van der Waals surface area contributed by atoms with E-state index in [1.54, 1.807) is 7.11 Å². The summed E-state index contributed by atoms with van der Waals surface area (Å²) in [5.41, 5.74) is 9.16. The monoisotopic (exact) mass is 241 g/mol. The summed E-state index contributed by atoms with van der Waals surface area (Å²) in [6.45, 7) is 5.73. The predicted molar refractivity (Wildman–Crippen MR) is 67.1 cm³/mol. The fraction of sp³-hybridized carbons (Fsp3) is 0.364. The number of ether oxygens (including phenoxy) is 1. The van der Waals surface area contributed by atoms with Crippen LogP contribution in [0.15, 0.2) is 5.10 Å². The maximum Gasteiger partial charge on any atom is 0.154 e. The molecule has 0 atom stereocenters. The van der Waals surface area contributed by atoms with E-state index in [9.17, 15) is 0 Å². The largest absolute Gasteiger partial charge is 0.496 e. The molecule has 0 aliphatic heterocycles. The van der Waals surface area contributed by atoms with Gasteiger partial charge in [-0.3, -0.25) is 0 Å². The summed E-state index contributed by atoms with van der Waals surface area (Å²) in [7, 11) is 1.59. The number of hydrazone groups is 1. The van der Waals surface area contributed by atoms with Crippen molar-refractivity contribution in [1.82, 2.24) is 0 Å². The number of hydrogen-bond acceptors (Lipinski definition) is 3. The minimum atomic E-state index is 0.222. The minimum absolute atomic E-state index is 0.222. The number of nitrogens with zero attached hydrogens (tertiary/aromatic N) is 1. The second kappa shape index (κ2) is 4.61. The first kappa shape index (κ1) is 12.6. The van der Waals surface area contributed by atoms with Crippen LogP contribution < -0.4 is 16.3 Å². The van der Waals surface area contributed by atoms with Crippen LogP contribution in [-0.4, -0.2) is 12.9 Å². The number of nitrogens with two attached hydrogens (primary N) is 2. The first-order valence-corrected chi connectivity index (χ1v) is 5.20. The fourth-order valence-corrected chi connectivity index (χ4v) is 1.95. The summed E-state index contributed by atoms with van der Waals surface area (Å²) < 4.78 is 5.34. The fourth-order valence-electron chi connectivity index (χ4n) is 1.71. The number of methoxy groups -OCH3 is 1. The van der Waals surface area contributed by atoms with Crippen molar-refractivity contribution in [3.05, 3.63) is 27.3 Å². The summed E-state index contributed by atoms with van der Waals surface area (Å²) in [5, 5.41) is 4.16. The van der Waals surface area contributed by atoms with Gasteiger partial charge in [-0.1, -0.05) is 11.6 Å². The van der Waals surface area contributed by atoms with E-state index in [4.69, 9.17) is 27.9 Å². The van der Waals surface area contributed by atoms with Crippen LogP contribution in [0.1, 0.15) is 22.3 Å². The van der Waals surface area contributed by atoms with Gasteiger partial charge < -0.3 is 16.3 Å². The van der Waals surface area contributed by atoms with Gasteiger partial charge in [-0.2, -0.15) is 5.10 Å². The second-order valence-electron chi connectivity index (χ2n) is 3.61. The summed E-state index contributed by atoms with van der Waals surface area (Å²) in [6.07, 6.45) is 0. The first-order valence-electron chi connectivity index (χ1n) is 4.82. The van der Waals surface area contributed by atoms with Gasteiger partial charge in [0.2, 0.25) is 0 Å². The molecule has 1 rings (SSSR count). The van der Waals surface area contributed by atoms with E-state index in [0.29, 0.717) is 16.3 Å². The van der Waals surface area contributed by atoms with E-state index in [0.717, 1.165) is 16.7 Å². The molecular weight excluding hydrogens is 226 g/mol. The molecule has 0 spiro atoms. The van der Waals surface area contributed by atoms with Crippen molar-refractivity contribution in [2.75, 3.05) is 7.11 Å². The molecule has 0 heterocycles. The smallest absolute Gasteiger partial charge is 0.154 e. The van der Waals surface area contributed by atoms with Crippen molar-refractivity contribution in [3.8, 4) is 5.75 Å². The van der Waals surface area contributed by atoms with Gasteiger partial charge in [0.25, 0.3) is 0 Å². The van der Waals surface area contributed by atoms with Gasteiger partial charge in [-0.05, 0) is 37.5 Å². The zero-order valence-corrected chi connectivity index (χ0v) is 10.6. The number of amidine groups is 1. The Hall–Kier alpha value is -1.42. The average molecular weight is 242 g/mol. The number of halogens is 1. The Bertz CT molecular complexity index is 455. The third kappa shape index (κ3) is 1.80. The highest BCUT2D eigenvalue weighted by Crippen LogP contribution is 2.35. The normalized spacial score (nSPS) is 11.7. The van der Waals surface area contributed by atoms with Crippen LogP contribution in [-0.2, 0) is 0 Å². The third-order valence-electron chi connectivity index (χ3n) is 2.76. The summed E-state index contributed by atoms with van der Waals surface area (Å²) in [6, 6.07) is 0. The molecule has 0 amide bonds. The van der Waals surface area contributed by atoms with Crippen molar-refractivity contribution < 1.29 is 4.74 Å². The Balaban J connectivity index is 3.71. The van der Waals surface area contributed by atoms with Gasteiger partial charge in [0.15, 0.2) is 5.84 Å². The molecule has 1 aromatic carbocycles. The molecule has 0 unspecified atom stereocenters. The van der Waals surface area contributed by atoms with Gasteiger partial charge in [0, 0.05) is 5.02 Å². The van der Waals surface area contributed by atoms with Crippen LogP contribution in [0.2, 0.25) is 5.02 Å². The zero-order chi connectivity index (χ0) is 12.5. The molecule has 1 aromatic rings. The number of benzene rings is 1. The molecule has 0 saturated heterocycles. The molecular formula is C11H16ClN3O. The third-order valence-corrected chi connectivity index (χ3v) is 3.33. The van der Waals surface area contributed by atoms with E-state index in [2.05, 4.69) is 5.10 Å². The Morgan fingerprint density at radius 3 is 2.19 bits per heavy atom. The van der Waals surface area contributed by atoms with Crippen molar-refractivity contribution in [2.45, 2.75) is 20.8 Å². The van der Waals surface area contributed by atoms with E-state index in [-0.39, 0.29) is 5.84 Å². The molecule has 0 saturated carbocycles. The maximum absolute atomic E-state index is 6.21. The van der Waals surface area contributed by atoms with Gasteiger partial charge in [-0.25, -0.2) is 0 Å². The summed E-state index contributed by atoms with van der Waals surface area (Å²) >= 11 is 6.21. The summed E-state index contributed by atoms with van der Waals surface area (Å²) in [4.78, 5) is 0. The molecule has 4 nitrogen and oxygen atoms in total. The minimum Gasteiger partial charge on any atom is -0.496 e. The van der Waals surface area contributed by atoms with E-state index < -0.39 is 0 Å². The van der Waals surface area contributed by atoms with Crippen LogP contribution in [0.5, 0.6) is 5.75 Å². The van der Waals surface area contributed by atoms with E-state index in [1.807, 2.05) is 20.8 Å². The van der Waals surface area contributed by atoms with Crippen LogP contribution in [0, 0.1) is 20.8 Å². The molecule has 88 valence electrons. The van der Waals surface area contributed by atoms with E-state index in [1.165, 1.54) is 0 Å². The summed E-state index contributed by atoms with van der Waals surface area (Å²) in [5.74, 6) is 6.09. The Morgan fingerprint density at radius 1 is 1.19 bits per heavy atom. The lowest BCUT2D eigenvalue weighted by Crippen LogP contribution is -2.19. The van der Waals surface area contributed by atoms with Gasteiger partial charge in [0.05, 0.1) is 12.7 Å². The van der Waals surface area contributed by atoms with Crippen LogP contribution in [0.3, 0.4) is 0 Å². The van der Waals surface area contributed by atoms with Gasteiger partial charge in [-0.15, -0.1) is 0 Å².